The second-order valence-electron chi connectivity index (χ2n) is 5.33. The van der Waals surface area contributed by atoms with E-state index in [2.05, 4.69) is 20.3 Å². The number of fused-ring (bicyclic) bond motifs is 1. The normalized spacial score (nSPS) is 12.4. The van der Waals surface area contributed by atoms with E-state index in [-0.39, 0.29) is 11.7 Å². The second-order valence-corrected chi connectivity index (χ2v) is 7.49. The number of aromatic nitrogens is 3. The molecule has 3 aromatic rings. The van der Waals surface area contributed by atoms with Gasteiger partial charge in [-0.1, -0.05) is 35.0 Å². The van der Waals surface area contributed by atoms with Gasteiger partial charge in [0.25, 0.3) is 0 Å². The fourth-order valence-electron chi connectivity index (χ4n) is 2.16. The predicted octanol–water partition coefficient (Wildman–Crippen LogP) is 4.76. The highest BCUT2D eigenvalue weighted by Gasteiger charge is 2.19. The van der Waals surface area contributed by atoms with Crippen molar-refractivity contribution in [1.82, 2.24) is 14.6 Å². The molecule has 0 fully saturated rings. The third-order valence-electron chi connectivity index (χ3n) is 3.39. The maximum atomic E-state index is 12.4. The summed E-state index contributed by atoms with van der Waals surface area (Å²) in [5.74, 6) is -0.290. The molecule has 0 bridgehead atoms. The summed E-state index contributed by atoms with van der Waals surface area (Å²) < 4.78 is 30.2. The van der Waals surface area contributed by atoms with Crippen LogP contribution in [0.3, 0.4) is 0 Å². The maximum absolute atomic E-state index is 12.4. The first-order valence-electron chi connectivity index (χ1n) is 7.55. The summed E-state index contributed by atoms with van der Waals surface area (Å²) >= 11 is 13.2. The van der Waals surface area contributed by atoms with Gasteiger partial charge in [0.05, 0.1) is 15.3 Å². The van der Waals surface area contributed by atoms with E-state index < -0.39 is 11.9 Å². The fraction of sp³-hybridized carbons (Fsp3) is 0.188. The molecule has 1 unspecified atom stereocenters. The van der Waals surface area contributed by atoms with Crippen molar-refractivity contribution in [3.8, 4) is 5.75 Å². The lowest BCUT2D eigenvalue weighted by atomic mass is 10.3. The molecule has 0 radical (unpaired) electrons. The van der Waals surface area contributed by atoms with Crippen LogP contribution < -0.4 is 10.1 Å². The summed E-state index contributed by atoms with van der Waals surface area (Å²) in [5.41, 5.74) is 0.886. The van der Waals surface area contributed by atoms with Crippen molar-refractivity contribution in [3.63, 3.8) is 0 Å². The predicted molar refractivity (Wildman–Crippen MR) is 100 cm³/mol. The Bertz CT molecular complexity index is 969. The van der Waals surface area contributed by atoms with Gasteiger partial charge >= 0.3 is 6.61 Å². The maximum Gasteiger partial charge on any atom is 0.387 e. The first-order chi connectivity index (χ1) is 12.8. The first-order valence-corrected chi connectivity index (χ1v) is 9.19. The van der Waals surface area contributed by atoms with Crippen LogP contribution in [0.25, 0.3) is 5.65 Å². The summed E-state index contributed by atoms with van der Waals surface area (Å²) in [6.07, 6.45) is 1.61. The van der Waals surface area contributed by atoms with Gasteiger partial charge in [0.2, 0.25) is 5.91 Å². The lowest BCUT2D eigenvalue weighted by Gasteiger charge is -2.12. The van der Waals surface area contributed by atoms with Gasteiger partial charge in [0.1, 0.15) is 5.75 Å². The number of carbonyl (C=O) groups is 1. The van der Waals surface area contributed by atoms with Crippen LogP contribution in [0, 0.1) is 0 Å². The van der Waals surface area contributed by atoms with Crippen LogP contribution in [0.2, 0.25) is 10.0 Å². The van der Waals surface area contributed by atoms with Crippen molar-refractivity contribution in [2.24, 2.45) is 0 Å². The number of anilines is 1. The molecule has 142 valence electrons. The van der Waals surface area contributed by atoms with Crippen molar-refractivity contribution < 1.29 is 18.3 Å². The summed E-state index contributed by atoms with van der Waals surface area (Å²) in [6, 6.07) is 7.18. The second kappa shape index (κ2) is 8.28. The zero-order valence-corrected chi connectivity index (χ0v) is 16.0. The molecule has 0 aliphatic carbocycles. The van der Waals surface area contributed by atoms with Gasteiger partial charge in [0.15, 0.2) is 10.8 Å². The number of carbonyl (C=O) groups excluding carboxylic acids is 1. The number of pyridine rings is 1. The monoisotopic (exact) mass is 432 g/mol. The zero-order valence-electron chi connectivity index (χ0n) is 13.7. The Hall–Kier alpha value is -2.10. The molecular weight excluding hydrogens is 421 g/mol. The van der Waals surface area contributed by atoms with Crippen molar-refractivity contribution in [1.29, 1.82) is 0 Å². The molecule has 0 aliphatic rings. The number of thioether (sulfide) groups is 1. The molecule has 3 rings (SSSR count). The SMILES string of the molecule is CC(Sc1nnc2c(Cl)cc(Cl)cn12)C(=O)Nc1ccc(OC(F)F)cc1. The Morgan fingerprint density at radius 2 is 1.96 bits per heavy atom. The molecule has 2 aromatic heterocycles. The number of ether oxygens (including phenoxy) is 1. The molecule has 27 heavy (non-hydrogen) atoms. The summed E-state index contributed by atoms with van der Waals surface area (Å²) in [7, 11) is 0. The number of nitrogens with zero attached hydrogens (tertiary/aromatic N) is 3. The van der Waals surface area contributed by atoms with E-state index in [9.17, 15) is 13.6 Å². The van der Waals surface area contributed by atoms with Crippen LogP contribution in [0.4, 0.5) is 14.5 Å². The largest absolute Gasteiger partial charge is 0.435 e. The molecular formula is C16H12Cl2F2N4O2S. The molecule has 1 amide bonds. The number of nitrogens with one attached hydrogen (secondary N) is 1. The Balaban J connectivity index is 1.67. The van der Waals surface area contributed by atoms with Gasteiger partial charge in [-0.15, -0.1) is 10.2 Å². The van der Waals surface area contributed by atoms with Crippen molar-refractivity contribution in [3.05, 3.63) is 46.6 Å². The minimum atomic E-state index is -2.90. The number of benzene rings is 1. The molecule has 11 heteroatoms. The van der Waals surface area contributed by atoms with Crippen LogP contribution in [0.5, 0.6) is 5.75 Å². The van der Waals surface area contributed by atoms with E-state index in [0.717, 1.165) is 0 Å². The van der Waals surface area contributed by atoms with E-state index in [0.29, 0.717) is 26.5 Å². The molecule has 0 saturated heterocycles. The smallest absolute Gasteiger partial charge is 0.387 e. The average molecular weight is 433 g/mol. The number of rotatable bonds is 6. The van der Waals surface area contributed by atoms with Crippen LogP contribution >= 0.6 is 35.0 Å². The van der Waals surface area contributed by atoms with E-state index in [1.807, 2.05) is 0 Å². The molecule has 0 saturated carbocycles. The molecule has 1 N–H and O–H groups in total. The minimum Gasteiger partial charge on any atom is -0.435 e. The number of hydrogen-bond donors (Lipinski definition) is 1. The zero-order chi connectivity index (χ0) is 19.6. The van der Waals surface area contributed by atoms with Gasteiger partial charge in [0, 0.05) is 11.9 Å². The number of hydrogen-bond acceptors (Lipinski definition) is 5. The van der Waals surface area contributed by atoms with E-state index in [1.165, 1.54) is 36.0 Å². The lowest BCUT2D eigenvalue weighted by molar-refractivity contribution is -0.115. The number of alkyl halides is 2. The van der Waals surface area contributed by atoms with Crippen LogP contribution in [0.15, 0.2) is 41.7 Å². The molecule has 0 aliphatic heterocycles. The van der Waals surface area contributed by atoms with Gasteiger partial charge < -0.3 is 10.1 Å². The molecule has 0 spiro atoms. The third kappa shape index (κ3) is 4.79. The van der Waals surface area contributed by atoms with Gasteiger partial charge in [-0.3, -0.25) is 9.20 Å². The molecule has 2 heterocycles. The Morgan fingerprint density at radius 3 is 2.63 bits per heavy atom. The standard InChI is InChI=1S/C16H12Cl2F2N4O2S/c1-8(14(25)21-10-2-4-11(5-3-10)26-15(19)20)27-16-23-22-13-12(18)6-9(17)7-24(13)16/h2-8,15H,1H3,(H,21,25). The molecule has 1 aromatic carbocycles. The summed E-state index contributed by atoms with van der Waals surface area (Å²) in [5, 5.41) is 11.4. The van der Waals surface area contributed by atoms with Crippen LogP contribution in [0.1, 0.15) is 6.92 Å². The average Bonchev–Trinajstić information content (AvgIpc) is 2.99. The van der Waals surface area contributed by atoms with Crippen LogP contribution in [-0.2, 0) is 4.79 Å². The lowest BCUT2D eigenvalue weighted by Crippen LogP contribution is -2.22. The summed E-state index contributed by atoms with van der Waals surface area (Å²) in [4.78, 5) is 12.4. The Labute approximate surface area is 166 Å². The highest BCUT2D eigenvalue weighted by atomic mass is 35.5. The number of amides is 1. The van der Waals surface area contributed by atoms with Crippen molar-refractivity contribution >= 4 is 52.2 Å². The van der Waals surface area contributed by atoms with E-state index in [1.54, 1.807) is 23.6 Å². The van der Waals surface area contributed by atoms with Gasteiger partial charge in [-0.05, 0) is 37.3 Å². The Kier molecular flexibility index (Phi) is 6.03. The van der Waals surface area contributed by atoms with Crippen molar-refractivity contribution in [2.75, 3.05) is 5.32 Å². The van der Waals surface area contributed by atoms with E-state index in [4.69, 9.17) is 23.2 Å². The highest BCUT2D eigenvalue weighted by molar-refractivity contribution is 8.00. The van der Waals surface area contributed by atoms with Gasteiger partial charge in [-0.25, -0.2) is 0 Å². The highest BCUT2D eigenvalue weighted by Crippen LogP contribution is 2.28. The number of halogens is 4. The topological polar surface area (TPSA) is 68.5 Å². The fourth-order valence-corrected chi connectivity index (χ4v) is 3.49. The minimum absolute atomic E-state index is 0.00843. The quantitative estimate of drug-likeness (QED) is 0.568. The third-order valence-corrected chi connectivity index (χ3v) is 4.94. The molecule has 6 nitrogen and oxygen atoms in total. The first kappa shape index (κ1) is 19.7. The van der Waals surface area contributed by atoms with E-state index >= 15 is 0 Å². The van der Waals surface area contributed by atoms with Crippen molar-refractivity contribution in [2.45, 2.75) is 23.9 Å². The van der Waals surface area contributed by atoms with Gasteiger partial charge in [-0.2, -0.15) is 8.78 Å². The van der Waals surface area contributed by atoms with Crippen LogP contribution in [-0.4, -0.2) is 32.4 Å². The molecule has 1 atom stereocenters. The Morgan fingerprint density at radius 1 is 1.26 bits per heavy atom. The summed E-state index contributed by atoms with van der Waals surface area (Å²) in [6.45, 7) is -1.21.